The smallest absolute Gasteiger partial charge is 0.271 e. The lowest BCUT2D eigenvalue weighted by Crippen LogP contribution is -2.50. The number of carbonyl (C=O) groups excluding carboxylic acids is 1. The van der Waals surface area contributed by atoms with Crippen LogP contribution in [0.15, 0.2) is 47.5 Å². The molecule has 3 rings (SSSR count). The van der Waals surface area contributed by atoms with E-state index in [4.69, 9.17) is 0 Å². The van der Waals surface area contributed by atoms with Crippen molar-refractivity contribution in [1.29, 1.82) is 0 Å². The fourth-order valence-corrected chi connectivity index (χ4v) is 4.12. The number of nitrogens with one attached hydrogen (secondary N) is 2. The number of aryl methyl sites for hydroxylation is 1. The van der Waals surface area contributed by atoms with E-state index < -0.39 is 0 Å². The summed E-state index contributed by atoms with van der Waals surface area (Å²) in [6.45, 7) is 6.88. The second kappa shape index (κ2) is 10.9. The summed E-state index contributed by atoms with van der Waals surface area (Å²) in [5.74, 6) is 0.0301. The number of piperidine rings is 1. The van der Waals surface area contributed by atoms with Gasteiger partial charge in [0.25, 0.3) is 5.56 Å². The molecule has 7 heteroatoms. The van der Waals surface area contributed by atoms with E-state index in [1.54, 1.807) is 12.3 Å². The van der Waals surface area contributed by atoms with Gasteiger partial charge in [-0.15, -0.1) is 0 Å². The minimum atomic E-state index is -0.104. The molecule has 0 saturated carbocycles. The standard InChI is InChI=1S/C24H33N5O2/c1-4-20-14-18(10-12-26-20)19-15-22(24(31)27-16-19)29(5-2)21-8-7-13-28(17-21)23(30)9-6-11-25-3/h6,9-10,12,14-16,21,25H,4-5,7-8,11,13,17H2,1-3H3,(H,27,31)/b9-6+. The fraction of sp³-hybridized carbons (Fsp3) is 0.458. The van der Waals surface area contributed by atoms with Gasteiger partial charge < -0.3 is 20.1 Å². The van der Waals surface area contributed by atoms with Crippen molar-refractivity contribution in [2.24, 2.45) is 0 Å². The van der Waals surface area contributed by atoms with Gasteiger partial charge in [0.15, 0.2) is 0 Å². The van der Waals surface area contributed by atoms with Crippen LogP contribution in [0.2, 0.25) is 0 Å². The molecule has 166 valence electrons. The van der Waals surface area contributed by atoms with Gasteiger partial charge in [0.1, 0.15) is 5.69 Å². The Morgan fingerprint density at radius 3 is 2.94 bits per heavy atom. The molecule has 2 aromatic heterocycles. The number of rotatable bonds is 8. The molecule has 1 saturated heterocycles. The van der Waals surface area contributed by atoms with Crippen LogP contribution in [-0.4, -0.2) is 60.0 Å². The van der Waals surface area contributed by atoms with Crippen LogP contribution in [0.1, 0.15) is 32.4 Å². The lowest BCUT2D eigenvalue weighted by Gasteiger charge is -2.39. The SMILES string of the molecule is CCc1cc(-c2c[nH]c(=O)c(N(CC)C3CCCN(C(=O)/C=C/CNC)C3)c2)ccn1. The average Bonchev–Trinajstić information content (AvgIpc) is 2.81. The van der Waals surface area contributed by atoms with Gasteiger partial charge in [0.05, 0.1) is 0 Å². The molecule has 0 radical (unpaired) electrons. The van der Waals surface area contributed by atoms with Crippen LogP contribution in [0.25, 0.3) is 11.1 Å². The second-order valence-corrected chi connectivity index (χ2v) is 7.82. The minimum absolute atomic E-state index is 0.0301. The Kier molecular flexibility index (Phi) is 8.00. The molecule has 0 spiro atoms. The van der Waals surface area contributed by atoms with Gasteiger partial charge in [0.2, 0.25) is 5.91 Å². The van der Waals surface area contributed by atoms with Gasteiger partial charge in [0, 0.05) is 61.9 Å². The number of aromatic nitrogens is 2. The number of nitrogens with zero attached hydrogens (tertiary/aromatic N) is 3. The first-order chi connectivity index (χ1) is 15.1. The molecule has 1 atom stereocenters. The Hall–Kier alpha value is -2.93. The summed E-state index contributed by atoms with van der Waals surface area (Å²) in [6.07, 6.45) is 9.79. The van der Waals surface area contributed by atoms with Gasteiger partial charge in [-0.1, -0.05) is 13.0 Å². The number of anilines is 1. The number of likely N-dealkylation sites (tertiary alicyclic amines) is 1. The molecule has 7 nitrogen and oxygen atoms in total. The average molecular weight is 424 g/mol. The number of aromatic amines is 1. The molecule has 0 aromatic carbocycles. The van der Waals surface area contributed by atoms with E-state index >= 15 is 0 Å². The molecular formula is C24H33N5O2. The molecule has 2 N–H and O–H groups in total. The maximum atomic E-state index is 12.8. The van der Waals surface area contributed by atoms with Crippen molar-refractivity contribution in [3.05, 3.63) is 58.8 Å². The molecule has 1 amide bonds. The zero-order valence-corrected chi connectivity index (χ0v) is 18.7. The summed E-state index contributed by atoms with van der Waals surface area (Å²) in [5.41, 5.74) is 3.57. The largest absolute Gasteiger partial charge is 0.363 e. The summed E-state index contributed by atoms with van der Waals surface area (Å²) in [5, 5.41) is 3.01. The van der Waals surface area contributed by atoms with Crippen LogP contribution in [0.3, 0.4) is 0 Å². The molecule has 0 bridgehead atoms. The van der Waals surface area contributed by atoms with Crippen LogP contribution in [-0.2, 0) is 11.2 Å². The van der Waals surface area contributed by atoms with E-state index in [-0.39, 0.29) is 17.5 Å². The third-order valence-electron chi connectivity index (χ3n) is 5.78. The van der Waals surface area contributed by atoms with Gasteiger partial charge in [-0.25, -0.2) is 0 Å². The van der Waals surface area contributed by atoms with Gasteiger partial charge in [-0.3, -0.25) is 14.6 Å². The molecule has 3 heterocycles. The predicted octanol–water partition coefficient (Wildman–Crippen LogP) is 2.59. The summed E-state index contributed by atoms with van der Waals surface area (Å²) in [4.78, 5) is 36.6. The van der Waals surface area contributed by atoms with Crippen molar-refractivity contribution < 1.29 is 4.79 Å². The Bertz CT molecular complexity index is 968. The van der Waals surface area contributed by atoms with E-state index in [1.807, 2.05) is 36.4 Å². The number of pyridine rings is 2. The second-order valence-electron chi connectivity index (χ2n) is 7.82. The number of likely N-dealkylation sites (N-methyl/N-ethyl adjacent to an activating group) is 2. The maximum absolute atomic E-state index is 12.8. The summed E-state index contributed by atoms with van der Waals surface area (Å²) < 4.78 is 0. The first-order valence-electron chi connectivity index (χ1n) is 11.1. The zero-order chi connectivity index (χ0) is 22.2. The van der Waals surface area contributed by atoms with Crippen molar-refractivity contribution in [3.63, 3.8) is 0 Å². The molecule has 1 aliphatic heterocycles. The lowest BCUT2D eigenvalue weighted by atomic mass is 10.0. The monoisotopic (exact) mass is 423 g/mol. The number of amides is 1. The Morgan fingerprint density at radius 1 is 1.35 bits per heavy atom. The summed E-state index contributed by atoms with van der Waals surface area (Å²) >= 11 is 0. The van der Waals surface area contributed by atoms with Crippen molar-refractivity contribution in [2.45, 2.75) is 39.2 Å². The first kappa shape index (κ1) is 22.7. The van der Waals surface area contributed by atoms with Gasteiger partial charge in [-0.05, 0) is 57.0 Å². The minimum Gasteiger partial charge on any atom is -0.363 e. The quantitative estimate of drug-likeness (QED) is 0.638. The van der Waals surface area contributed by atoms with Crippen LogP contribution in [0, 0.1) is 0 Å². The van der Waals surface area contributed by atoms with E-state index in [9.17, 15) is 9.59 Å². The normalized spacial score (nSPS) is 16.6. The van der Waals surface area contributed by atoms with Crippen LogP contribution in [0.5, 0.6) is 0 Å². The number of hydrogen-bond acceptors (Lipinski definition) is 5. The third-order valence-corrected chi connectivity index (χ3v) is 5.78. The Balaban J connectivity index is 1.84. The van der Waals surface area contributed by atoms with Gasteiger partial charge in [-0.2, -0.15) is 0 Å². The molecule has 31 heavy (non-hydrogen) atoms. The number of hydrogen-bond donors (Lipinski definition) is 2. The van der Waals surface area contributed by atoms with E-state index in [0.29, 0.717) is 25.3 Å². The van der Waals surface area contributed by atoms with E-state index in [1.165, 1.54) is 0 Å². The first-order valence-corrected chi connectivity index (χ1v) is 11.1. The number of carbonyl (C=O) groups is 1. The lowest BCUT2D eigenvalue weighted by molar-refractivity contribution is -0.127. The summed E-state index contributed by atoms with van der Waals surface area (Å²) in [6, 6.07) is 6.10. The van der Waals surface area contributed by atoms with E-state index in [2.05, 4.69) is 40.1 Å². The van der Waals surface area contributed by atoms with Crippen LogP contribution in [0.4, 0.5) is 5.69 Å². The van der Waals surface area contributed by atoms with Crippen molar-refractivity contribution in [2.75, 3.05) is 38.1 Å². The fourth-order valence-electron chi connectivity index (χ4n) is 4.12. The molecule has 1 aliphatic rings. The van der Waals surface area contributed by atoms with Crippen molar-refractivity contribution in [3.8, 4) is 11.1 Å². The highest BCUT2D eigenvalue weighted by molar-refractivity contribution is 5.87. The predicted molar refractivity (Wildman–Crippen MR) is 125 cm³/mol. The molecule has 1 fully saturated rings. The van der Waals surface area contributed by atoms with Crippen molar-refractivity contribution in [1.82, 2.24) is 20.2 Å². The maximum Gasteiger partial charge on any atom is 0.271 e. The number of H-pyrrole nitrogens is 1. The highest BCUT2D eigenvalue weighted by atomic mass is 16.2. The molecule has 0 aliphatic carbocycles. The topological polar surface area (TPSA) is 81.3 Å². The van der Waals surface area contributed by atoms with E-state index in [0.717, 1.165) is 42.6 Å². The highest BCUT2D eigenvalue weighted by Crippen LogP contribution is 2.25. The van der Waals surface area contributed by atoms with Gasteiger partial charge >= 0.3 is 0 Å². The Morgan fingerprint density at radius 2 is 2.19 bits per heavy atom. The highest BCUT2D eigenvalue weighted by Gasteiger charge is 2.28. The zero-order valence-electron chi connectivity index (χ0n) is 18.7. The molecule has 2 aromatic rings. The third kappa shape index (κ3) is 5.61. The Labute approximate surface area is 184 Å². The van der Waals surface area contributed by atoms with Crippen LogP contribution < -0.4 is 15.8 Å². The van der Waals surface area contributed by atoms with Crippen molar-refractivity contribution >= 4 is 11.6 Å². The van der Waals surface area contributed by atoms with Crippen LogP contribution >= 0.6 is 0 Å². The molecular weight excluding hydrogens is 390 g/mol. The summed E-state index contributed by atoms with van der Waals surface area (Å²) in [7, 11) is 1.85. The molecule has 1 unspecified atom stereocenters.